The van der Waals surface area contributed by atoms with Crippen LogP contribution in [0.15, 0.2) is 18.0 Å². The first-order valence-corrected chi connectivity index (χ1v) is 10.0. The van der Waals surface area contributed by atoms with Gasteiger partial charge >= 0.3 is 5.97 Å². The van der Waals surface area contributed by atoms with Gasteiger partial charge in [0.05, 0.1) is 18.3 Å². The van der Waals surface area contributed by atoms with Crippen LogP contribution in [0.25, 0.3) is 0 Å². The Morgan fingerprint density at radius 1 is 1.30 bits per heavy atom. The minimum Gasteiger partial charge on any atom is -0.478 e. The fourth-order valence-corrected chi connectivity index (χ4v) is 3.31. The summed E-state index contributed by atoms with van der Waals surface area (Å²) in [4.78, 5) is 22.7. The van der Waals surface area contributed by atoms with Gasteiger partial charge in [-0.2, -0.15) is 0 Å². The van der Waals surface area contributed by atoms with Crippen LogP contribution in [0.4, 0.5) is 0 Å². The van der Waals surface area contributed by atoms with E-state index in [4.69, 9.17) is 9.84 Å². The number of ether oxygens (including phenoxy) is 1. The second kappa shape index (κ2) is 11.0. The van der Waals surface area contributed by atoms with E-state index in [9.17, 15) is 24.9 Å². The minimum atomic E-state index is -1.61. The highest BCUT2D eigenvalue weighted by Crippen LogP contribution is 2.23. The number of hydrogen-bond acceptors (Lipinski definition) is 8. The van der Waals surface area contributed by atoms with E-state index in [1.165, 1.54) is 11.6 Å². The number of carbonyl (C=O) groups is 2. The van der Waals surface area contributed by atoms with Crippen molar-refractivity contribution in [3.05, 3.63) is 23.7 Å². The van der Waals surface area contributed by atoms with Gasteiger partial charge in [0.2, 0.25) is 11.7 Å². The monoisotopic (exact) mass is 426 g/mol. The van der Waals surface area contributed by atoms with Gasteiger partial charge in [-0.05, 0) is 18.9 Å². The number of aliphatic hydroxyl groups excluding tert-OH is 3. The zero-order chi connectivity index (χ0) is 22.3. The van der Waals surface area contributed by atoms with Crippen molar-refractivity contribution in [2.45, 2.75) is 83.0 Å². The Hall–Kier alpha value is -2.50. The SMILES string of the molecule is CCCCCCc1cn(C[C@@H](O)[C@H](O)[C@@H]2OC(C(=O)O)=C[C@H](O)[C@H]2NC(C)=O)nn1. The summed E-state index contributed by atoms with van der Waals surface area (Å²) in [6, 6.07) is -1.14. The number of aliphatic hydroxyl groups is 3. The van der Waals surface area contributed by atoms with Crippen LogP contribution in [-0.4, -0.2) is 77.8 Å². The number of aryl methyl sites for hydroxylation is 1. The molecule has 2 rings (SSSR count). The fraction of sp³-hybridized carbons (Fsp3) is 0.684. The van der Waals surface area contributed by atoms with Gasteiger partial charge in [-0.15, -0.1) is 5.10 Å². The van der Waals surface area contributed by atoms with Crippen molar-refractivity contribution in [2.75, 3.05) is 0 Å². The standard InChI is InChI=1S/C19H30N4O7/c1-3-4-5-6-7-12-9-23(22-21-12)10-14(26)17(27)18-16(20-11(2)24)13(25)8-15(30-18)19(28)29/h8-9,13-14,16-18,25-27H,3-7,10H2,1-2H3,(H,20,24)(H,28,29)/t13-,14+,16+,17-,18+/m0/s1. The molecule has 1 aliphatic rings. The molecule has 1 aromatic heterocycles. The maximum atomic E-state index is 11.5. The summed E-state index contributed by atoms with van der Waals surface area (Å²) in [5, 5.41) is 50.8. The quantitative estimate of drug-likeness (QED) is 0.289. The van der Waals surface area contributed by atoms with Gasteiger partial charge in [-0.3, -0.25) is 4.79 Å². The molecule has 30 heavy (non-hydrogen) atoms. The number of amides is 1. The number of carboxylic acid groups (broad SMARTS) is 1. The van der Waals surface area contributed by atoms with E-state index >= 15 is 0 Å². The highest BCUT2D eigenvalue weighted by atomic mass is 16.5. The number of rotatable bonds is 11. The number of hydrogen-bond donors (Lipinski definition) is 5. The average Bonchev–Trinajstić information content (AvgIpc) is 3.12. The van der Waals surface area contributed by atoms with Crippen molar-refractivity contribution in [2.24, 2.45) is 0 Å². The summed E-state index contributed by atoms with van der Waals surface area (Å²) in [6.45, 7) is 3.21. The molecule has 0 fully saturated rings. The molecule has 1 aliphatic heterocycles. The molecule has 11 nitrogen and oxygen atoms in total. The van der Waals surface area contributed by atoms with Crippen LogP contribution in [0.5, 0.6) is 0 Å². The Morgan fingerprint density at radius 3 is 2.67 bits per heavy atom. The summed E-state index contributed by atoms with van der Waals surface area (Å²) < 4.78 is 6.64. The van der Waals surface area contributed by atoms with Gasteiger partial charge in [0, 0.05) is 13.1 Å². The van der Waals surface area contributed by atoms with Crippen molar-refractivity contribution >= 4 is 11.9 Å². The molecule has 168 valence electrons. The predicted octanol–water partition coefficient (Wildman–Crippen LogP) is -0.644. The van der Waals surface area contributed by atoms with Crippen LogP contribution < -0.4 is 5.32 Å². The van der Waals surface area contributed by atoms with Crippen LogP contribution in [0.1, 0.15) is 45.2 Å². The number of unbranched alkanes of at least 4 members (excludes halogenated alkanes) is 3. The first kappa shape index (κ1) is 23.8. The summed E-state index contributed by atoms with van der Waals surface area (Å²) >= 11 is 0. The third-order valence-electron chi connectivity index (χ3n) is 4.87. The lowest BCUT2D eigenvalue weighted by atomic mass is 9.93. The molecule has 0 spiro atoms. The summed E-state index contributed by atoms with van der Waals surface area (Å²) in [5.74, 6) is -2.52. The lowest BCUT2D eigenvalue weighted by Gasteiger charge is -2.38. The lowest BCUT2D eigenvalue weighted by molar-refractivity contribution is -0.148. The molecule has 0 aromatic carbocycles. The maximum Gasteiger partial charge on any atom is 0.370 e. The Morgan fingerprint density at radius 2 is 2.03 bits per heavy atom. The number of carboxylic acids is 1. The van der Waals surface area contributed by atoms with Gasteiger partial charge < -0.3 is 30.5 Å². The van der Waals surface area contributed by atoms with Crippen molar-refractivity contribution in [1.82, 2.24) is 20.3 Å². The van der Waals surface area contributed by atoms with Crippen LogP contribution >= 0.6 is 0 Å². The molecule has 0 saturated heterocycles. The molecule has 1 aromatic rings. The van der Waals surface area contributed by atoms with Crippen molar-refractivity contribution in [1.29, 1.82) is 0 Å². The first-order chi connectivity index (χ1) is 14.2. The smallest absolute Gasteiger partial charge is 0.370 e. The Labute approximate surface area is 174 Å². The molecule has 1 amide bonds. The van der Waals surface area contributed by atoms with Crippen LogP contribution in [0.2, 0.25) is 0 Å². The van der Waals surface area contributed by atoms with Crippen LogP contribution in [0.3, 0.4) is 0 Å². The van der Waals surface area contributed by atoms with Gasteiger partial charge in [-0.25, -0.2) is 9.48 Å². The lowest BCUT2D eigenvalue weighted by Crippen LogP contribution is -2.59. The summed E-state index contributed by atoms with van der Waals surface area (Å²) in [5.41, 5.74) is 0.768. The highest BCUT2D eigenvalue weighted by Gasteiger charge is 2.43. The molecule has 0 aliphatic carbocycles. The van der Waals surface area contributed by atoms with Gasteiger partial charge in [0.1, 0.15) is 18.3 Å². The van der Waals surface area contributed by atoms with Gasteiger partial charge in [0.15, 0.2) is 6.10 Å². The van der Waals surface area contributed by atoms with E-state index < -0.39 is 48.1 Å². The largest absolute Gasteiger partial charge is 0.478 e. The maximum absolute atomic E-state index is 11.5. The van der Waals surface area contributed by atoms with E-state index in [2.05, 4.69) is 22.6 Å². The first-order valence-electron chi connectivity index (χ1n) is 10.0. The Balaban J connectivity index is 2.04. The highest BCUT2D eigenvalue weighted by molar-refractivity contribution is 5.84. The van der Waals surface area contributed by atoms with Crippen molar-refractivity contribution in [3.8, 4) is 0 Å². The second-order valence-corrected chi connectivity index (χ2v) is 7.44. The average molecular weight is 426 g/mol. The number of aliphatic carboxylic acids is 1. The zero-order valence-corrected chi connectivity index (χ0v) is 17.1. The molecule has 11 heteroatoms. The molecule has 0 saturated carbocycles. The Bertz CT molecular complexity index is 751. The second-order valence-electron chi connectivity index (χ2n) is 7.44. The third-order valence-corrected chi connectivity index (χ3v) is 4.87. The van der Waals surface area contributed by atoms with Gasteiger partial charge in [-0.1, -0.05) is 31.4 Å². The molecule has 2 heterocycles. The number of nitrogens with zero attached hydrogens (tertiary/aromatic N) is 3. The molecule has 0 bridgehead atoms. The third kappa shape index (κ3) is 6.51. The number of nitrogens with one attached hydrogen (secondary N) is 1. The Kier molecular flexibility index (Phi) is 8.75. The van der Waals surface area contributed by atoms with E-state index in [-0.39, 0.29) is 6.54 Å². The zero-order valence-electron chi connectivity index (χ0n) is 17.1. The fourth-order valence-electron chi connectivity index (χ4n) is 3.31. The molecule has 5 atom stereocenters. The van der Waals surface area contributed by atoms with E-state index in [0.29, 0.717) is 0 Å². The topological polar surface area (TPSA) is 167 Å². The summed E-state index contributed by atoms with van der Waals surface area (Å²) in [7, 11) is 0. The van der Waals surface area contributed by atoms with E-state index in [1.807, 2.05) is 0 Å². The van der Waals surface area contributed by atoms with Crippen LogP contribution in [0, 0.1) is 0 Å². The molecule has 0 unspecified atom stereocenters. The molecule has 5 N–H and O–H groups in total. The normalized spacial score (nSPS) is 23.2. The van der Waals surface area contributed by atoms with Crippen LogP contribution in [-0.2, 0) is 27.3 Å². The van der Waals surface area contributed by atoms with E-state index in [0.717, 1.165) is 43.9 Å². The van der Waals surface area contributed by atoms with E-state index in [1.54, 1.807) is 6.20 Å². The molecular weight excluding hydrogens is 396 g/mol. The number of aromatic nitrogens is 3. The van der Waals surface area contributed by atoms with Crippen molar-refractivity contribution in [3.63, 3.8) is 0 Å². The number of carbonyl (C=O) groups excluding carboxylic acids is 1. The summed E-state index contributed by atoms with van der Waals surface area (Å²) in [6.07, 6.45) is 1.89. The molecule has 0 radical (unpaired) electrons. The van der Waals surface area contributed by atoms with Crippen molar-refractivity contribution < 1.29 is 34.8 Å². The minimum absolute atomic E-state index is 0.127. The molecular formula is C19H30N4O7. The van der Waals surface area contributed by atoms with Gasteiger partial charge in [0.25, 0.3) is 0 Å². The predicted molar refractivity (Wildman–Crippen MR) is 104 cm³/mol.